The second kappa shape index (κ2) is 5.57. The van der Waals surface area contributed by atoms with Crippen LogP contribution in [0.1, 0.15) is 30.9 Å². The number of hydrogen-bond acceptors (Lipinski definition) is 4. The molecule has 0 amide bonds. The number of ketones is 2. The van der Waals surface area contributed by atoms with Crippen molar-refractivity contribution in [3.63, 3.8) is 0 Å². The van der Waals surface area contributed by atoms with Gasteiger partial charge < -0.3 is 9.68 Å². The molecule has 2 rings (SSSR count). The molecule has 4 nitrogen and oxygen atoms in total. The van der Waals surface area contributed by atoms with Crippen LogP contribution in [0.4, 0.5) is 0 Å². The molecule has 0 aliphatic carbocycles. The Morgan fingerprint density at radius 1 is 1.42 bits per heavy atom. The fraction of sp³-hybridized carbons (Fsp3) is 0.429. The molecule has 1 N–H and O–H groups in total. The maximum atomic E-state index is 11.7. The van der Waals surface area contributed by atoms with E-state index in [4.69, 9.17) is 4.65 Å². The van der Waals surface area contributed by atoms with Crippen LogP contribution in [0, 0.1) is 6.92 Å². The quantitative estimate of drug-likeness (QED) is 0.661. The van der Waals surface area contributed by atoms with Gasteiger partial charge in [-0.1, -0.05) is 25.1 Å². The average molecular weight is 260 g/mol. The second-order valence-corrected chi connectivity index (χ2v) is 4.94. The zero-order valence-corrected chi connectivity index (χ0v) is 11.2. The van der Waals surface area contributed by atoms with E-state index in [1.165, 1.54) is 0 Å². The molecule has 19 heavy (non-hydrogen) atoms. The largest absolute Gasteiger partial charge is 0.536 e. The minimum Gasteiger partial charge on any atom is -0.536 e. The Balaban J connectivity index is 2.14. The van der Waals surface area contributed by atoms with Crippen molar-refractivity contribution in [3.05, 3.63) is 29.3 Å². The van der Waals surface area contributed by atoms with Crippen molar-refractivity contribution in [2.45, 2.75) is 38.9 Å². The second-order valence-electron chi connectivity index (χ2n) is 4.94. The van der Waals surface area contributed by atoms with Gasteiger partial charge in [-0.05, 0) is 24.5 Å². The summed E-state index contributed by atoms with van der Waals surface area (Å²) in [6, 6.07) is 5.76. The molecule has 1 aromatic rings. The van der Waals surface area contributed by atoms with Crippen molar-refractivity contribution in [2.75, 3.05) is 0 Å². The monoisotopic (exact) mass is 260 g/mol. The summed E-state index contributed by atoms with van der Waals surface area (Å²) in [5.74, 6) is -0.466. The van der Waals surface area contributed by atoms with Gasteiger partial charge in [0.1, 0.15) is 5.75 Å². The summed E-state index contributed by atoms with van der Waals surface area (Å²) in [5, 5.41) is 9.96. The summed E-state index contributed by atoms with van der Waals surface area (Å²) in [5.41, 5.74) is 1.94. The number of rotatable bonds is 4. The van der Waals surface area contributed by atoms with Gasteiger partial charge in [0.2, 0.25) is 0 Å². The lowest BCUT2D eigenvalue weighted by Crippen LogP contribution is -2.36. The number of carbonyl (C=O) groups is 2. The summed E-state index contributed by atoms with van der Waals surface area (Å²) in [4.78, 5) is 23.0. The van der Waals surface area contributed by atoms with Crippen LogP contribution < -0.4 is 4.65 Å². The fourth-order valence-electron chi connectivity index (χ4n) is 2.36. The van der Waals surface area contributed by atoms with Gasteiger partial charge in [-0.15, -0.1) is 0 Å². The third-order valence-electron chi connectivity index (χ3n) is 3.50. The number of Topliss-reactive ketones (excluding diaryl/α,β-unsaturated/α-hetero) is 2. The molecule has 1 aromatic carbocycles. The van der Waals surface area contributed by atoms with Crippen molar-refractivity contribution < 1.29 is 19.3 Å². The molecule has 0 fully saturated rings. The number of benzene rings is 1. The van der Waals surface area contributed by atoms with Crippen LogP contribution in [0.15, 0.2) is 18.2 Å². The normalized spacial score (nSPS) is 17.6. The number of hydrogen-bond donors (Lipinski definition) is 1. The third kappa shape index (κ3) is 2.87. The highest BCUT2D eigenvalue weighted by Crippen LogP contribution is 2.35. The Hall–Kier alpha value is -1.62. The molecule has 0 bridgehead atoms. The van der Waals surface area contributed by atoms with E-state index < -0.39 is 12.9 Å². The lowest BCUT2D eigenvalue weighted by Gasteiger charge is -2.28. The molecule has 1 atom stereocenters. The van der Waals surface area contributed by atoms with Gasteiger partial charge in [-0.25, -0.2) is 0 Å². The standard InChI is InChI=1S/C14H17BO4/c1-3-12(16)13(17)8-11-7-10-6-4-5-9(2)14(10)19-15(11)18/h4-6,11,18H,3,7-8H2,1-2H3/t11-/m1/s1. The lowest BCUT2D eigenvalue weighted by molar-refractivity contribution is -0.136. The molecule has 0 unspecified atom stereocenters. The first-order chi connectivity index (χ1) is 9.02. The van der Waals surface area contributed by atoms with E-state index in [1.807, 2.05) is 25.1 Å². The fourth-order valence-corrected chi connectivity index (χ4v) is 2.36. The molecule has 1 aliphatic rings. The molecule has 100 valence electrons. The first-order valence-electron chi connectivity index (χ1n) is 6.52. The van der Waals surface area contributed by atoms with E-state index in [9.17, 15) is 14.6 Å². The van der Waals surface area contributed by atoms with E-state index in [-0.39, 0.29) is 24.4 Å². The van der Waals surface area contributed by atoms with Gasteiger partial charge >= 0.3 is 7.12 Å². The van der Waals surface area contributed by atoms with Crippen LogP contribution in [0.2, 0.25) is 5.82 Å². The lowest BCUT2D eigenvalue weighted by atomic mass is 9.64. The maximum Gasteiger partial charge on any atom is 0.526 e. The van der Waals surface area contributed by atoms with Crippen molar-refractivity contribution in [2.24, 2.45) is 0 Å². The first kappa shape index (κ1) is 13.8. The van der Waals surface area contributed by atoms with Crippen molar-refractivity contribution in [3.8, 4) is 5.75 Å². The zero-order valence-electron chi connectivity index (χ0n) is 11.2. The van der Waals surface area contributed by atoms with E-state index in [1.54, 1.807) is 6.92 Å². The average Bonchev–Trinajstić information content (AvgIpc) is 2.40. The molecule has 0 radical (unpaired) electrons. The molecule has 1 heterocycles. The molecule has 0 saturated heterocycles. The smallest absolute Gasteiger partial charge is 0.526 e. The Bertz CT molecular complexity index is 512. The minimum atomic E-state index is -1.03. The van der Waals surface area contributed by atoms with Crippen LogP contribution in [0.5, 0.6) is 5.75 Å². The van der Waals surface area contributed by atoms with Gasteiger partial charge in [-0.2, -0.15) is 0 Å². The van der Waals surface area contributed by atoms with Crippen molar-refractivity contribution in [1.29, 1.82) is 0 Å². The van der Waals surface area contributed by atoms with E-state index in [0.717, 1.165) is 11.1 Å². The Morgan fingerprint density at radius 2 is 2.16 bits per heavy atom. The molecule has 0 saturated carbocycles. The van der Waals surface area contributed by atoms with Gasteiger partial charge in [0.05, 0.1) is 0 Å². The van der Waals surface area contributed by atoms with E-state index in [0.29, 0.717) is 12.2 Å². The minimum absolute atomic E-state index is 0.0429. The van der Waals surface area contributed by atoms with Crippen molar-refractivity contribution in [1.82, 2.24) is 0 Å². The Labute approximate surface area is 112 Å². The highest BCUT2D eigenvalue weighted by molar-refractivity contribution is 6.48. The molecular weight excluding hydrogens is 243 g/mol. The molecule has 0 aromatic heterocycles. The van der Waals surface area contributed by atoms with Crippen LogP contribution in [0.3, 0.4) is 0 Å². The Kier molecular flexibility index (Phi) is 4.05. The first-order valence-corrected chi connectivity index (χ1v) is 6.52. The Morgan fingerprint density at radius 3 is 2.84 bits per heavy atom. The maximum absolute atomic E-state index is 11.7. The summed E-state index contributed by atoms with van der Waals surface area (Å²) in [6.07, 6.45) is 0.806. The predicted molar refractivity (Wildman–Crippen MR) is 72.2 cm³/mol. The summed E-state index contributed by atoms with van der Waals surface area (Å²) >= 11 is 0. The van der Waals surface area contributed by atoms with Gasteiger partial charge in [0.25, 0.3) is 0 Å². The van der Waals surface area contributed by atoms with E-state index >= 15 is 0 Å². The summed E-state index contributed by atoms with van der Waals surface area (Å²) < 4.78 is 5.48. The third-order valence-corrected chi connectivity index (χ3v) is 3.50. The van der Waals surface area contributed by atoms with Crippen LogP contribution >= 0.6 is 0 Å². The van der Waals surface area contributed by atoms with Crippen LogP contribution in [-0.2, 0) is 16.0 Å². The molecule has 5 heteroatoms. The highest BCUT2D eigenvalue weighted by Gasteiger charge is 2.37. The molecular formula is C14H17BO4. The number of para-hydroxylation sites is 1. The number of fused-ring (bicyclic) bond motifs is 1. The molecule has 1 aliphatic heterocycles. The van der Waals surface area contributed by atoms with Gasteiger partial charge in [0.15, 0.2) is 11.6 Å². The van der Waals surface area contributed by atoms with E-state index in [2.05, 4.69) is 0 Å². The topological polar surface area (TPSA) is 63.6 Å². The zero-order chi connectivity index (χ0) is 14.0. The van der Waals surface area contributed by atoms with Gasteiger partial charge in [0, 0.05) is 18.7 Å². The van der Waals surface area contributed by atoms with Crippen molar-refractivity contribution >= 4 is 18.7 Å². The predicted octanol–water partition coefficient (Wildman–Crippen LogP) is 1.72. The molecule has 0 spiro atoms. The highest BCUT2D eigenvalue weighted by atomic mass is 16.5. The SMILES string of the molecule is CCC(=O)C(=O)C[C@H]1Cc2cccc(C)c2OB1O. The summed E-state index contributed by atoms with van der Waals surface area (Å²) in [6.45, 7) is 3.57. The van der Waals surface area contributed by atoms with Crippen LogP contribution in [-0.4, -0.2) is 23.7 Å². The summed E-state index contributed by atoms with van der Waals surface area (Å²) in [7, 11) is -1.03. The van der Waals surface area contributed by atoms with Crippen LogP contribution in [0.25, 0.3) is 0 Å². The number of carbonyl (C=O) groups excluding carboxylic acids is 2. The van der Waals surface area contributed by atoms with Gasteiger partial charge in [-0.3, -0.25) is 9.59 Å². The number of aryl methyl sites for hydroxylation is 1.